The third-order valence-corrected chi connectivity index (χ3v) is 3.22. The zero-order valence-corrected chi connectivity index (χ0v) is 8.32. The summed E-state index contributed by atoms with van der Waals surface area (Å²) in [5.41, 5.74) is 0. The van der Waals surface area contributed by atoms with E-state index >= 15 is 0 Å². The molecule has 1 heterocycles. The van der Waals surface area contributed by atoms with Gasteiger partial charge in [-0.2, -0.15) is 0 Å². The molecule has 2 rings (SSSR count). The van der Waals surface area contributed by atoms with Crippen molar-refractivity contribution in [1.82, 2.24) is 10.3 Å². The molecule has 1 fully saturated rings. The molecule has 1 N–H and O–H groups in total. The molecule has 1 aliphatic carbocycles. The lowest BCUT2D eigenvalue weighted by Crippen LogP contribution is -2.19. The summed E-state index contributed by atoms with van der Waals surface area (Å²) in [6, 6.07) is 1.27. The molecule has 2 nitrogen and oxygen atoms in total. The van der Waals surface area contributed by atoms with Crippen molar-refractivity contribution in [1.29, 1.82) is 0 Å². The lowest BCUT2D eigenvalue weighted by Gasteiger charge is -2.09. The first kappa shape index (κ1) is 8.20. The lowest BCUT2D eigenvalue weighted by molar-refractivity contribution is 0.578. The second-order valence-electron chi connectivity index (χ2n) is 3.44. The molecule has 12 heavy (non-hydrogen) atoms. The average Bonchev–Trinajstić information content (AvgIpc) is 2.72. The molecule has 0 aliphatic heterocycles. The van der Waals surface area contributed by atoms with Crippen molar-refractivity contribution in [3.05, 3.63) is 16.1 Å². The maximum Gasteiger partial charge on any atom is 0.0897 e. The Labute approximate surface area is 77.0 Å². The summed E-state index contributed by atoms with van der Waals surface area (Å²) in [5, 5.41) is 4.72. The summed E-state index contributed by atoms with van der Waals surface area (Å²) in [6.45, 7) is 4.27. The summed E-state index contributed by atoms with van der Waals surface area (Å²) < 4.78 is 0. The van der Waals surface area contributed by atoms with Gasteiger partial charge in [0, 0.05) is 23.2 Å². The molecule has 0 amide bonds. The molecule has 0 radical (unpaired) electrons. The zero-order chi connectivity index (χ0) is 8.55. The molecular formula is C9H14N2S. The van der Waals surface area contributed by atoms with E-state index in [-0.39, 0.29) is 0 Å². The topological polar surface area (TPSA) is 24.9 Å². The number of thiazole rings is 1. The van der Waals surface area contributed by atoms with Gasteiger partial charge < -0.3 is 5.32 Å². The first-order chi connectivity index (χ1) is 5.75. The molecule has 1 saturated carbocycles. The number of nitrogens with one attached hydrogen (secondary N) is 1. The van der Waals surface area contributed by atoms with Gasteiger partial charge in [-0.15, -0.1) is 11.3 Å². The highest BCUT2D eigenvalue weighted by Crippen LogP contribution is 2.26. The molecule has 1 aromatic rings. The summed E-state index contributed by atoms with van der Waals surface area (Å²) in [7, 11) is 0. The summed E-state index contributed by atoms with van der Waals surface area (Å²) >= 11 is 1.79. The zero-order valence-electron chi connectivity index (χ0n) is 7.50. The van der Waals surface area contributed by atoms with Gasteiger partial charge in [-0.05, 0) is 26.7 Å². The maximum absolute atomic E-state index is 4.24. The first-order valence-corrected chi connectivity index (χ1v) is 5.26. The van der Waals surface area contributed by atoms with Crippen LogP contribution in [-0.4, -0.2) is 11.0 Å². The van der Waals surface area contributed by atoms with Crippen LogP contribution in [0.5, 0.6) is 0 Å². The summed E-state index contributed by atoms with van der Waals surface area (Å²) in [4.78, 5) is 5.60. The van der Waals surface area contributed by atoms with Crippen molar-refractivity contribution in [2.24, 2.45) is 0 Å². The molecule has 1 atom stereocenters. The molecule has 0 bridgehead atoms. The number of rotatable bonds is 3. The van der Waals surface area contributed by atoms with Crippen LogP contribution in [-0.2, 0) is 0 Å². The SMILES string of the molecule is Cc1ncc(C(C)NC2CC2)s1. The molecule has 0 spiro atoms. The Bertz CT molecular complexity index is 265. The Morgan fingerprint density at radius 1 is 1.67 bits per heavy atom. The van der Waals surface area contributed by atoms with Crippen LogP contribution in [0, 0.1) is 6.92 Å². The molecule has 1 aromatic heterocycles. The van der Waals surface area contributed by atoms with E-state index in [0.717, 1.165) is 11.0 Å². The van der Waals surface area contributed by atoms with Gasteiger partial charge in [0.25, 0.3) is 0 Å². The number of hydrogen-bond donors (Lipinski definition) is 1. The molecule has 66 valence electrons. The molecular weight excluding hydrogens is 168 g/mol. The monoisotopic (exact) mass is 182 g/mol. The minimum atomic E-state index is 0.490. The second kappa shape index (κ2) is 3.15. The molecule has 3 heteroatoms. The van der Waals surface area contributed by atoms with Crippen LogP contribution in [0.2, 0.25) is 0 Å². The van der Waals surface area contributed by atoms with E-state index in [4.69, 9.17) is 0 Å². The van der Waals surface area contributed by atoms with Crippen molar-refractivity contribution in [3.8, 4) is 0 Å². The van der Waals surface area contributed by atoms with Gasteiger partial charge in [0.1, 0.15) is 0 Å². The minimum Gasteiger partial charge on any atom is -0.307 e. The quantitative estimate of drug-likeness (QED) is 0.775. The summed E-state index contributed by atoms with van der Waals surface area (Å²) in [5.74, 6) is 0. The van der Waals surface area contributed by atoms with Crippen molar-refractivity contribution in [3.63, 3.8) is 0 Å². The van der Waals surface area contributed by atoms with Crippen LogP contribution < -0.4 is 5.32 Å². The Kier molecular flexibility index (Phi) is 2.15. The third-order valence-electron chi connectivity index (χ3n) is 2.13. The number of aromatic nitrogens is 1. The normalized spacial score (nSPS) is 19.5. The fourth-order valence-corrected chi connectivity index (χ4v) is 2.06. The Morgan fingerprint density at radius 2 is 2.42 bits per heavy atom. The van der Waals surface area contributed by atoms with Crippen molar-refractivity contribution < 1.29 is 0 Å². The fourth-order valence-electron chi connectivity index (χ4n) is 1.26. The molecule has 1 unspecified atom stereocenters. The van der Waals surface area contributed by atoms with Crippen LogP contribution in [0.25, 0.3) is 0 Å². The standard InChI is InChI=1S/C9H14N2S/c1-6(11-8-3-4-8)9-5-10-7(2)12-9/h5-6,8,11H,3-4H2,1-2H3. The first-order valence-electron chi connectivity index (χ1n) is 4.44. The Morgan fingerprint density at radius 3 is 2.92 bits per heavy atom. The Balaban J connectivity index is 1.97. The molecule has 0 aromatic carbocycles. The van der Waals surface area contributed by atoms with Gasteiger partial charge in [-0.3, -0.25) is 0 Å². The smallest absolute Gasteiger partial charge is 0.0897 e. The maximum atomic E-state index is 4.24. The number of aryl methyl sites for hydroxylation is 1. The molecule has 0 saturated heterocycles. The van der Waals surface area contributed by atoms with E-state index in [2.05, 4.69) is 24.1 Å². The average molecular weight is 182 g/mol. The van der Waals surface area contributed by atoms with Crippen molar-refractivity contribution in [2.75, 3.05) is 0 Å². The highest BCUT2D eigenvalue weighted by atomic mass is 32.1. The van der Waals surface area contributed by atoms with E-state index < -0.39 is 0 Å². The van der Waals surface area contributed by atoms with E-state index in [1.165, 1.54) is 17.7 Å². The van der Waals surface area contributed by atoms with E-state index in [1.807, 2.05) is 6.20 Å². The second-order valence-corrected chi connectivity index (χ2v) is 4.71. The Hall–Kier alpha value is -0.410. The van der Waals surface area contributed by atoms with E-state index in [9.17, 15) is 0 Å². The minimum absolute atomic E-state index is 0.490. The number of nitrogens with zero attached hydrogens (tertiary/aromatic N) is 1. The van der Waals surface area contributed by atoms with Crippen LogP contribution in [0.3, 0.4) is 0 Å². The van der Waals surface area contributed by atoms with Crippen LogP contribution in [0.1, 0.15) is 35.7 Å². The van der Waals surface area contributed by atoms with E-state index in [0.29, 0.717) is 6.04 Å². The van der Waals surface area contributed by atoms with Crippen molar-refractivity contribution in [2.45, 2.75) is 38.8 Å². The molecule has 1 aliphatic rings. The number of hydrogen-bond acceptors (Lipinski definition) is 3. The van der Waals surface area contributed by atoms with Gasteiger partial charge in [-0.25, -0.2) is 4.98 Å². The van der Waals surface area contributed by atoms with Gasteiger partial charge in [0.2, 0.25) is 0 Å². The van der Waals surface area contributed by atoms with Crippen LogP contribution in [0.4, 0.5) is 0 Å². The predicted molar refractivity (Wildman–Crippen MR) is 51.4 cm³/mol. The van der Waals surface area contributed by atoms with Gasteiger partial charge in [-0.1, -0.05) is 0 Å². The van der Waals surface area contributed by atoms with Crippen molar-refractivity contribution >= 4 is 11.3 Å². The largest absolute Gasteiger partial charge is 0.307 e. The third kappa shape index (κ3) is 1.84. The summed E-state index contributed by atoms with van der Waals surface area (Å²) in [6.07, 6.45) is 4.68. The highest BCUT2D eigenvalue weighted by molar-refractivity contribution is 7.11. The van der Waals surface area contributed by atoms with Crippen LogP contribution in [0.15, 0.2) is 6.20 Å². The van der Waals surface area contributed by atoms with Crippen LogP contribution >= 0.6 is 11.3 Å². The fraction of sp³-hybridized carbons (Fsp3) is 0.667. The van der Waals surface area contributed by atoms with E-state index in [1.54, 1.807) is 11.3 Å². The highest BCUT2D eigenvalue weighted by Gasteiger charge is 2.23. The van der Waals surface area contributed by atoms with Gasteiger partial charge in [0.05, 0.1) is 5.01 Å². The predicted octanol–water partition coefficient (Wildman–Crippen LogP) is 2.26. The van der Waals surface area contributed by atoms with Gasteiger partial charge in [0.15, 0.2) is 0 Å². The van der Waals surface area contributed by atoms with Gasteiger partial charge >= 0.3 is 0 Å². The lowest BCUT2D eigenvalue weighted by atomic mass is 10.3.